The molecule has 1 saturated carbocycles. The van der Waals surface area contributed by atoms with Crippen molar-refractivity contribution >= 4 is 35.2 Å². The average molecular weight is 701 g/mol. The molecule has 1 aromatic carbocycles. The van der Waals surface area contributed by atoms with Gasteiger partial charge in [0.1, 0.15) is 11.4 Å². The molecule has 0 unspecified atom stereocenters. The number of piperidine rings is 1. The maximum atomic E-state index is 14.6. The molecule has 3 aliphatic rings. The fourth-order valence-corrected chi connectivity index (χ4v) is 6.62. The second kappa shape index (κ2) is 16.3. The van der Waals surface area contributed by atoms with E-state index in [1.807, 2.05) is 39.0 Å². The summed E-state index contributed by atoms with van der Waals surface area (Å²) in [6, 6.07) is 5.30. The summed E-state index contributed by atoms with van der Waals surface area (Å²) in [7, 11) is 0. The van der Waals surface area contributed by atoms with Crippen LogP contribution < -0.4 is 19.9 Å². The Bertz CT molecular complexity index is 1370. The van der Waals surface area contributed by atoms with Crippen LogP contribution in [0.4, 0.5) is 16.2 Å². The molecular weight excluding hydrogens is 640 g/mol. The largest absolute Gasteiger partial charge is 0.476 e. The van der Waals surface area contributed by atoms with E-state index in [1.165, 1.54) is 4.90 Å². The molecule has 1 saturated heterocycles. The molecule has 0 radical (unpaired) electrons. The van der Waals surface area contributed by atoms with Gasteiger partial charge in [-0.3, -0.25) is 14.4 Å². The van der Waals surface area contributed by atoms with Crippen molar-refractivity contribution < 1.29 is 38.1 Å². The third kappa shape index (κ3) is 10.3. The van der Waals surface area contributed by atoms with Gasteiger partial charge in [-0.2, -0.15) is 0 Å². The molecule has 0 aromatic heterocycles. The number of nitrogens with one attached hydrogen (secondary N) is 1. The van der Waals surface area contributed by atoms with Crippen LogP contribution in [0.2, 0.25) is 0 Å². The van der Waals surface area contributed by atoms with Gasteiger partial charge in [-0.15, -0.1) is 0 Å². The van der Waals surface area contributed by atoms with E-state index in [0.717, 1.165) is 19.3 Å². The van der Waals surface area contributed by atoms with Crippen LogP contribution in [0.25, 0.3) is 0 Å². The Hall–Kier alpha value is -3.38. The summed E-state index contributed by atoms with van der Waals surface area (Å²) in [5, 5.41) is 3.16. The molecule has 2 heterocycles. The zero-order valence-electron chi connectivity index (χ0n) is 31.9. The van der Waals surface area contributed by atoms with Crippen LogP contribution in [0.5, 0.6) is 5.75 Å². The third-order valence-corrected chi connectivity index (χ3v) is 9.00. The van der Waals surface area contributed by atoms with E-state index in [9.17, 15) is 19.2 Å². The highest BCUT2D eigenvalue weighted by Crippen LogP contribution is 2.43. The Balaban J connectivity index is 1.63. The van der Waals surface area contributed by atoms with Crippen molar-refractivity contribution in [2.75, 3.05) is 49.3 Å². The highest BCUT2D eigenvalue weighted by atomic mass is 16.6. The van der Waals surface area contributed by atoms with Gasteiger partial charge in [-0.05, 0) is 105 Å². The Morgan fingerprint density at radius 2 is 1.76 bits per heavy atom. The van der Waals surface area contributed by atoms with Crippen LogP contribution in [-0.4, -0.2) is 97.6 Å². The number of likely N-dealkylation sites (tertiary alicyclic amines) is 1. The first-order chi connectivity index (χ1) is 23.4. The minimum atomic E-state index is -1.06. The van der Waals surface area contributed by atoms with Crippen LogP contribution in [0.1, 0.15) is 94.9 Å². The zero-order chi connectivity index (χ0) is 37.0. The summed E-state index contributed by atoms with van der Waals surface area (Å²) in [5.41, 5.74) is -0.571. The molecule has 1 N–H and O–H groups in total. The Morgan fingerprint density at radius 3 is 2.36 bits per heavy atom. The predicted octanol–water partition coefficient (Wildman–Crippen LogP) is 5.55. The lowest BCUT2D eigenvalue weighted by molar-refractivity contribution is -0.133. The number of benzene rings is 1. The van der Waals surface area contributed by atoms with Gasteiger partial charge in [0, 0.05) is 38.0 Å². The van der Waals surface area contributed by atoms with Crippen molar-refractivity contribution in [3.63, 3.8) is 0 Å². The van der Waals surface area contributed by atoms with Crippen molar-refractivity contribution in [3.05, 3.63) is 18.2 Å². The highest BCUT2D eigenvalue weighted by molar-refractivity contribution is 6.04. The lowest BCUT2D eigenvalue weighted by Crippen LogP contribution is -2.55. The van der Waals surface area contributed by atoms with E-state index in [4.69, 9.17) is 18.9 Å². The number of anilines is 2. The quantitative estimate of drug-likeness (QED) is 0.268. The summed E-state index contributed by atoms with van der Waals surface area (Å²) in [6.07, 6.45) is 2.16. The van der Waals surface area contributed by atoms with E-state index in [1.54, 1.807) is 44.4 Å². The van der Waals surface area contributed by atoms with Crippen molar-refractivity contribution in [2.45, 2.75) is 124 Å². The fourth-order valence-electron chi connectivity index (χ4n) is 6.62. The number of ether oxygens (including phenoxy) is 4. The first kappa shape index (κ1) is 39.4. The van der Waals surface area contributed by atoms with Gasteiger partial charge < -0.3 is 39.0 Å². The molecule has 2 fully saturated rings. The molecule has 280 valence electrons. The smallest absolute Gasteiger partial charge is 0.410 e. The number of nitrogens with zero attached hydrogens (tertiary/aromatic N) is 3. The van der Waals surface area contributed by atoms with E-state index in [2.05, 4.69) is 19.2 Å². The molecule has 12 nitrogen and oxygen atoms in total. The zero-order valence-corrected chi connectivity index (χ0v) is 31.9. The maximum Gasteiger partial charge on any atom is 0.410 e. The van der Waals surface area contributed by atoms with Gasteiger partial charge in [-0.25, -0.2) is 4.79 Å². The van der Waals surface area contributed by atoms with E-state index < -0.39 is 29.1 Å². The summed E-state index contributed by atoms with van der Waals surface area (Å²) < 4.78 is 23.3. The molecule has 12 heteroatoms. The molecule has 50 heavy (non-hydrogen) atoms. The van der Waals surface area contributed by atoms with Crippen molar-refractivity contribution in [2.24, 2.45) is 17.8 Å². The standard InChI is InChI=1S/C38H60N4O8/c1-11-47-23-28(18-24(2)3)39-33(43)26-19-27(22-40(21-26)36(46)50-37(6,7)8)34(44)42(29-12-13-29)30-14-15-32-31(20-30)41(16-17-48-25(4)5)35(45)38(9,10)49-32/h14-15,20,24-29H,11-13,16-19,21-23H2,1-10H3,(H,39,43)/t26-,27+,28+/m0/s1. The topological polar surface area (TPSA) is 127 Å². The molecule has 4 rings (SSSR count). The molecule has 1 aromatic rings. The summed E-state index contributed by atoms with van der Waals surface area (Å²) in [4.78, 5) is 60.4. The third-order valence-electron chi connectivity index (χ3n) is 9.00. The van der Waals surface area contributed by atoms with Gasteiger partial charge in [0.05, 0.1) is 42.9 Å². The van der Waals surface area contributed by atoms with Crippen LogP contribution in [-0.2, 0) is 28.6 Å². The second-order valence-electron chi connectivity index (χ2n) is 16.1. The van der Waals surface area contributed by atoms with Gasteiger partial charge in [0.15, 0.2) is 5.60 Å². The molecular formula is C38H60N4O8. The highest BCUT2D eigenvalue weighted by Gasteiger charge is 2.45. The fraction of sp³-hybridized carbons (Fsp3) is 0.737. The first-order valence-corrected chi connectivity index (χ1v) is 18.4. The SMILES string of the molecule is CCOC[C@@H](CC(C)C)NC(=O)[C@H]1C[C@@H](C(=O)N(c2ccc3c(c2)N(CCOC(C)C)C(=O)C(C)(C)O3)C2CC2)CN(C(=O)OC(C)(C)C)C1. The molecule has 4 amide bonds. The number of carbonyl (C=O) groups excluding carboxylic acids is 4. The minimum absolute atomic E-state index is 0.0142. The normalized spacial score (nSPS) is 21.1. The summed E-state index contributed by atoms with van der Waals surface area (Å²) >= 11 is 0. The lowest BCUT2D eigenvalue weighted by atomic mass is 9.87. The van der Waals surface area contributed by atoms with Crippen LogP contribution >= 0.6 is 0 Å². The summed E-state index contributed by atoms with van der Waals surface area (Å²) in [5.74, 6) is -0.918. The monoisotopic (exact) mass is 700 g/mol. The van der Waals surface area contributed by atoms with Gasteiger partial charge >= 0.3 is 6.09 Å². The molecule has 0 spiro atoms. The number of hydrogen-bond acceptors (Lipinski definition) is 8. The number of amides is 4. The Kier molecular flexibility index (Phi) is 12.9. The first-order valence-electron chi connectivity index (χ1n) is 18.4. The number of fused-ring (bicyclic) bond motifs is 1. The molecule has 3 atom stereocenters. The number of carbonyl (C=O) groups is 4. The van der Waals surface area contributed by atoms with Crippen LogP contribution in [0.15, 0.2) is 18.2 Å². The maximum absolute atomic E-state index is 14.6. The van der Waals surface area contributed by atoms with Gasteiger partial charge in [-0.1, -0.05) is 13.8 Å². The minimum Gasteiger partial charge on any atom is -0.476 e. The lowest BCUT2D eigenvalue weighted by Gasteiger charge is -2.40. The Labute approximate surface area is 298 Å². The molecule has 1 aliphatic carbocycles. The van der Waals surface area contributed by atoms with Crippen LogP contribution in [0.3, 0.4) is 0 Å². The van der Waals surface area contributed by atoms with Crippen LogP contribution in [0, 0.1) is 17.8 Å². The second-order valence-corrected chi connectivity index (χ2v) is 16.1. The molecule has 0 bridgehead atoms. The van der Waals surface area contributed by atoms with E-state index in [-0.39, 0.29) is 55.4 Å². The van der Waals surface area contributed by atoms with Crippen molar-refractivity contribution in [3.8, 4) is 5.75 Å². The Morgan fingerprint density at radius 1 is 1.08 bits per heavy atom. The van der Waals surface area contributed by atoms with Crippen molar-refractivity contribution in [1.29, 1.82) is 0 Å². The van der Waals surface area contributed by atoms with Crippen molar-refractivity contribution in [1.82, 2.24) is 10.2 Å². The van der Waals surface area contributed by atoms with Gasteiger partial charge in [0.2, 0.25) is 11.8 Å². The molecule has 2 aliphatic heterocycles. The van der Waals surface area contributed by atoms with E-state index in [0.29, 0.717) is 49.4 Å². The summed E-state index contributed by atoms with van der Waals surface area (Å²) in [6.45, 7) is 20.8. The number of hydrogen-bond donors (Lipinski definition) is 1. The average Bonchev–Trinajstić information content (AvgIpc) is 3.85. The van der Waals surface area contributed by atoms with E-state index >= 15 is 0 Å². The van der Waals surface area contributed by atoms with Gasteiger partial charge in [0.25, 0.3) is 5.91 Å². The predicted molar refractivity (Wildman–Crippen MR) is 192 cm³/mol. The number of rotatable bonds is 14.